The van der Waals surface area contributed by atoms with Crippen LogP contribution in [0.25, 0.3) is 27.9 Å². The summed E-state index contributed by atoms with van der Waals surface area (Å²) in [6.45, 7) is 2.05. The molecule has 1 aliphatic carbocycles. The van der Waals surface area contributed by atoms with E-state index in [0.29, 0.717) is 0 Å². The summed E-state index contributed by atoms with van der Waals surface area (Å²) in [4.78, 5) is 14.6. The number of aryl methyl sites for hydroxylation is 1. The van der Waals surface area contributed by atoms with Crippen molar-refractivity contribution in [2.24, 2.45) is 27.7 Å². The van der Waals surface area contributed by atoms with Crippen molar-refractivity contribution >= 4 is 38.8 Å². The molecule has 42 heavy (non-hydrogen) atoms. The zero-order valence-corrected chi connectivity index (χ0v) is 23.9. The van der Waals surface area contributed by atoms with Crippen LogP contribution in [0.5, 0.6) is 0 Å². The molecule has 2 aliphatic heterocycles. The number of benzene rings is 3. The Morgan fingerprint density at radius 3 is 2.50 bits per heavy atom. The van der Waals surface area contributed by atoms with Gasteiger partial charge in [-0.1, -0.05) is 66.2 Å². The van der Waals surface area contributed by atoms with Gasteiger partial charge in [-0.2, -0.15) is 19.3 Å². The van der Waals surface area contributed by atoms with Crippen molar-refractivity contribution in [1.82, 2.24) is 4.98 Å². The lowest BCUT2D eigenvalue weighted by Crippen LogP contribution is -2.57. The number of fused-ring (bicyclic) bond motifs is 2. The molecule has 4 aromatic rings. The lowest BCUT2D eigenvalue weighted by Gasteiger charge is -2.38. The van der Waals surface area contributed by atoms with E-state index in [2.05, 4.69) is 35.3 Å². The lowest BCUT2D eigenvalue weighted by molar-refractivity contribution is -0.754. The van der Waals surface area contributed by atoms with Gasteiger partial charge in [0.2, 0.25) is 11.5 Å². The zero-order valence-electron chi connectivity index (χ0n) is 23.1. The van der Waals surface area contributed by atoms with E-state index in [0.717, 1.165) is 63.4 Å². The van der Waals surface area contributed by atoms with E-state index in [1.165, 1.54) is 0 Å². The molecule has 3 aliphatic rings. The Balaban J connectivity index is 1.12. The van der Waals surface area contributed by atoms with Crippen molar-refractivity contribution in [3.05, 3.63) is 114 Å². The SMILES string of the molecule is Cc1ccc(S(=O)(=O)OCC2CC(C3=NC(c4ccc5ccc(-c6ccccc6)nc5c4)=C4C=NC=C[N+]34N)C2)cc1. The van der Waals surface area contributed by atoms with Gasteiger partial charge in [0.1, 0.15) is 11.9 Å². The number of amidine groups is 1. The van der Waals surface area contributed by atoms with Gasteiger partial charge < -0.3 is 0 Å². The normalized spacial score (nSPS) is 23.1. The first-order valence-electron chi connectivity index (χ1n) is 13.9. The number of hydrogen-bond acceptors (Lipinski definition) is 7. The Hall–Kier alpha value is -4.28. The number of hydrogen-bond donors (Lipinski definition) is 1. The fraction of sp³-hybridized carbons (Fsp3) is 0.182. The van der Waals surface area contributed by atoms with Crippen LogP contribution in [0.1, 0.15) is 24.0 Å². The Kier molecular flexibility index (Phi) is 6.47. The minimum atomic E-state index is -3.80. The number of rotatable bonds is 7. The standard InChI is InChI=1S/C33H30N5O3S/c1-22-7-12-28(13-8-22)42(39,40)41-21-23-17-27(18-23)33-37-32(31-20-35-15-16-38(31,33)34)26-10-9-25-11-14-29(36-30(25)19-26)24-5-3-2-4-6-24/h2-16,19-20,23,27H,17-18,21,34H2,1H3/q+1. The summed E-state index contributed by atoms with van der Waals surface area (Å²) in [5.74, 6) is 7.98. The molecule has 0 saturated heterocycles. The monoisotopic (exact) mass is 576 g/mol. The van der Waals surface area contributed by atoms with Crippen LogP contribution >= 0.6 is 0 Å². The Morgan fingerprint density at radius 1 is 0.952 bits per heavy atom. The summed E-state index contributed by atoms with van der Waals surface area (Å²) in [5, 5.41) is 1.04. The molecule has 0 spiro atoms. The predicted molar refractivity (Wildman–Crippen MR) is 164 cm³/mol. The maximum absolute atomic E-state index is 12.7. The molecule has 1 aromatic heterocycles. The molecule has 1 fully saturated rings. The van der Waals surface area contributed by atoms with Crippen molar-refractivity contribution in [2.75, 3.05) is 6.61 Å². The first-order valence-corrected chi connectivity index (χ1v) is 15.4. The minimum Gasteiger partial charge on any atom is -0.266 e. The Morgan fingerprint density at radius 2 is 1.71 bits per heavy atom. The summed E-state index contributed by atoms with van der Waals surface area (Å²) in [6, 6.07) is 27.1. The maximum Gasteiger partial charge on any atom is 0.296 e. The van der Waals surface area contributed by atoms with E-state index in [9.17, 15) is 8.42 Å². The highest BCUT2D eigenvalue weighted by molar-refractivity contribution is 7.86. The van der Waals surface area contributed by atoms with E-state index in [1.54, 1.807) is 36.7 Å². The van der Waals surface area contributed by atoms with E-state index in [4.69, 9.17) is 20.0 Å². The van der Waals surface area contributed by atoms with Gasteiger partial charge in [0, 0.05) is 16.5 Å². The number of nitrogens with zero attached hydrogens (tertiary/aromatic N) is 4. The average molecular weight is 577 g/mol. The third-order valence-corrected chi connectivity index (χ3v) is 9.53. The van der Waals surface area contributed by atoms with Crippen LogP contribution in [0.3, 0.4) is 0 Å². The molecule has 3 heterocycles. The first-order chi connectivity index (χ1) is 20.3. The molecule has 1 saturated carbocycles. The quantitative estimate of drug-likeness (QED) is 0.166. The molecule has 0 radical (unpaired) electrons. The number of allylic oxidation sites excluding steroid dienone is 1. The molecule has 7 rings (SSSR count). The van der Waals surface area contributed by atoms with Crippen molar-refractivity contribution < 1.29 is 17.2 Å². The summed E-state index contributed by atoms with van der Waals surface area (Å²) >= 11 is 0. The van der Waals surface area contributed by atoms with Crippen LogP contribution in [0, 0.1) is 18.8 Å². The fourth-order valence-electron chi connectivity index (χ4n) is 5.81. The lowest BCUT2D eigenvalue weighted by atomic mass is 9.74. The van der Waals surface area contributed by atoms with Crippen LogP contribution in [-0.2, 0) is 14.3 Å². The number of quaternary nitrogens is 1. The molecule has 1 unspecified atom stereocenters. The van der Waals surface area contributed by atoms with Crippen molar-refractivity contribution in [3.8, 4) is 11.3 Å². The smallest absolute Gasteiger partial charge is 0.266 e. The average Bonchev–Trinajstić information content (AvgIpc) is 3.29. The number of aliphatic imine (C=N–C) groups is 2. The fourth-order valence-corrected chi connectivity index (χ4v) is 6.78. The highest BCUT2D eigenvalue weighted by Crippen LogP contribution is 2.44. The van der Waals surface area contributed by atoms with Crippen LogP contribution < -0.4 is 5.84 Å². The zero-order chi connectivity index (χ0) is 28.9. The van der Waals surface area contributed by atoms with Crippen molar-refractivity contribution in [3.63, 3.8) is 0 Å². The molecule has 210 valence electrons. The molecule has 0 amide bonds. The summed E-state index contributed by atoms with van der Waals surface area (Å²) in [5.41, 5.74) is 6.33. The second-order valence-electron chi connectivity index (χ2n) is 11.1. The number of pyridine rings is 1. The molecular weight excluding hydrogens is 546 g/mol. The highest BCUT2D eigenvalue weighted by atomic mass is 32.2. The Labute approximate surface area is 244 Å². The molecule has 3 aromatic carbocycles. The Bertz CT molecular complexity index is 1930. The third kappa shape index (κ3) is 4.70. The molecular formula is C33H30N5O3S+. The van der Waals surface area contributed by atoms with Gasteiger partial charge in [-0.3, -0.25) is 9.18 Å². The summed E-state index contributed by atoms with van der Waals surface area (Å²) < 4.78 is 30.7. The van der Waals surface area contributed by atoms with Crippen LogP contribution in [-0.4, -0.2) is 36.7 Å². The van der Waals surface area contributed by atoms with Gasteiger partial charge in [-0.25, -0.2) is 4.98 Å². The van der Waals surface area contributed by atoms with Gasteiger partial charge >= 0.3 is 0 Å². The van der Waals surface area contributed by atoms with Crippen LogP contribution in [0.15, 0.2) is 118 Å². The topological polar surface area (TPSA) is 107 Å². The molecule has 2 N–H and O–H groups in total. The van der Waals surface area contributed by atoms with Crippen LogP contribution in [0.4, 0.5) is 0 Å². The van der Waals surface area contributed by atoms with E-state index in [1.807, 2.05) is 43.5 Å². The van der Waals surface area contributed by atoms with Gasteiger partial charge in [-0.05, 0) is 49.9 Å². The largest absolute Gasteiger partial charge is 0.296 e. The molecule has 9 heteroatoms. The van der Waals surface area contributed by atoms with Gasteiger partial charge in [0.15, 0.2) is 0 Å². The van der Waals surface area contributed by atoms with Gasteiger partial charge in [0.05, 0.1) is 41.0 Å². The second-order valence-corrected chi connectivity index (χ2v) is 12.7. The van der Waals surface area contributed by atoms with Crippen molar-refractivity contribution in [2.45, 2.75) is 24.7 Å². The van der Waals surface area contributed by atoms with Crippen LogP contribution in [0.2, 0.25) is 0 Å². The van der Waals surface area contributed by atoms with E-state index >= 15 is 0 Å². The third-order valence-electron chi connectivity index (χ3n) is 8.24. The van der Waals surface area contributed by atoms with Gasteiger partial charge in [-0.15, -0.1) is 4.59 Å². The van der Waals surface area contributed by atoms with E-state index in [-0.39, 0.29) is 27.9 Å². The highest BCUT2D eigenvalue weighted by Gasteiger charge is 2.50. The molecule has 1 atom stereocenters. The minimum absolute atomic E-state index is 0.0335. The summed E-state index contributed by atoms with van der Waals surface area (Å²) in [7, 11) is -3.80. The summed E-state index contributed by atoms with van der Waals surface area (Å²) in [6.07, 6.45) is 6.80. The van der Waals surface area contributed by atoms with Crippen molar-refractivity contribution in [1.29, 1.82) is 0 Å². The van der Waals surface area contributed by atoms with Gasteiger partial charge in [0.25, 0.3) is 10.1 Å². The second kappa shape index (κ2) is 10.2. The number of aromatic nitrogens is 1. The first kappa shape index (κ1) is 26.6. The predicted octanol–water partition coefficient (Wildman–Crippen LogP) is 5.97. The maximum atomic E-state index is 12.7. The van der Waals surface area contributed by atoms with E-state index < -0.39 is 10.1 Å². The number of nitrogens with two attached hydrogens (primary N) is 1. The molecule has 0 bridgehead atoms. The molecule has 8 nitrogen and oxygen atoms in total.